The van der Waals surface area contributed by atoms with E-state index in [1.165, 1.54) is 60.8 Å². The highest BCUT2D eigenvalue weighted by molar-refractivity contribution is 6.17. The highest BCUT2D eigenvalue weighted by Crippen LogP contribution is 2.48. The summed E-state index contributed by atoms with van der Waals surface area (Å²) in [5.74, 6) is 0. The van der Waals surface area contributed by atoms with Gasteiger partial charge in [-0.1, -0.05) is 206 Å². The summed E-state index contributed by atoms with van der Waals surface area (Å²) in [6.07, 6.45) is 0. The van der Waals surface area contributed by atoms with Gasteiger partial charge in [-0.05, 0) is 98.6 Å². The van der Waals surface area contributed by atoms with Crippen LogP contribution in [0.25, 0.3) is 83.1 Å². The summed E-state index contributed by atoms with van der Waals surface area (Å²) >= 11 is 0. The molecule has 0 fully saturated rings. The minimum absolute atomic E-state index is 1.07. The van der Waals surface area contributed by atoms with E-state index in [4.69, 9.17) is 0 Å². The molecule has 2 heteroatoms. The summed E-state index contributed by atoms with van der Waals surface area (Å²) < 4.78 is 2.40. The number of anilines is 3. The van der Waals surface area contributed by atoms with Crippen LogP contribution in [0.1, 0.15) is 0 Å². The Hall–Kier alpha value is -8.20. The van der Waals surface area contributed by atoms with E-state index in [2.05, 4.69) is 264 Å². The molecule has 0 saturated carbocycles. The van der Waals surface area contributed by atoms with Crippen molar-refractivity contribution in [1.29, 1.82) is 0 Å². The fourth-order valence-corrected chi connectivity index (χ4v) is 9.09. The molecule has 0 aliphatic rings. The van der Waals surface area contributed by atoms with Gasteiger partial charge < -0.3 is 9.47 Å². The van der Waals surface area contributed by atoms with Crippen molar-refractivity contribution >= 4 is 38.9 Å². The van der Waals surface area contributed by atoms with Crippen LogP contribution >= 0.6 is 0 Å². The third-order valence-electron chi connectivity index (χ3n) is 12.0. The van der Waals surface area contributed by atoms with Crippen LogP contribution in [0.3, 0.4) is 0 Å². The van der Waals surface area contributed by atoms with Crippen molar-refractivity contribution in [3.05, 3.63) is 255 Å². The fourth-order valence-electron chi connectivity index (χ4n) is 9.09. The molecule has 0 unspecified atom stereocenters. The average Bonchev–Trinajstić information content (AvgIpc) is 3.70. The van der Waals surface area contributed by atoms with E-state index in [9.17, 15) is 0 Å². The Labute approximate surface area is 362 Å². The highest BCUT2D eigenvalue weighted by Gasteiger charge is 2.24. The van der Waals surface area contributed by atoms with E-state index in [0.29, 0.717) is 0 Å². The molecular weight excluding hydrogens is 749 g/mol. The molecule has 11 aromatic rings. The monoisotopic (exact) mass is 790 g/mol. The van der Waals surface area contributed by atoms with Gasteiger partial charge in [0.25, 0.3) is 0 Å². The Kier molecular flexibility index (Phi) is 9.57. The summed E-state index contributed by atoms with van der Waals surface area (Å²) in [7, 11) is 0. The van der Waals surface area contributed by atoms with Crippen LogP contribution in [-0.4, -0.2) is 4.57 Å². The average molecular weight is 791 g/mol. The van der Waals surface area contributed by atoms with Gasteiger partial charge in [-0.25, -0.2) is 0 Å². The van der Waals surface area contributed by atoms with Crippen molar-refractivity contribution in [2.45, 2.75) is 0 Å². The number of nitrogens with zero attached hydrogens (tertiary/aromatic N) is 2. The maximum atomic E-state index is 2.49. The molecule has 292 valence electrons. The molecule has 0 bridgehead atoms. The first-order valence-electron chi connectivity index (χ1n) is 21.3. The molecule has 10 aromatic carbocycles. The van der Waals surface area contributed by atoms with Gasteiger partial charge in [0.1, 0.15) is 0 Å². The minimum atomic E-state index is 1.07. The topological polar surface area (TPSA) is 8.17 Å². The third-order valence-corrected chi connectivity index (χ3v) is 12.0. The molecule has 0 aliphatic carbocycles. The SMILES string of the molecule is c1ccc(-c2ccc(-c3ccc(N(c4ccccc4-c4ccc(-c5ccccc5)cc4)c4cccc5c4c4ccccc4n5-c4ccccc4)cc3-c3ccccc3)cc2)cc1. The normalized spacial score (nSPS) is 11.2. The first kappa shape index (κ1) is 36.8. The lowest BCUT2D eigenvalue weighted by Crippen LogP contribution is -2.12. The van der Waals surface area contributed by atoms with Gasteiger partial charge in [-0.3, -0.25) is 0 Å². The van der Waals surface area contributed by atoms with Crippen molar-refractivity contribution in [1.82, 2.24) is 4.57 Å². The second-order valence-corrected chi connectivity index (χ2v) is 15.7. The van der Waals surface area contributed by atoms with Crippen LogP contribution < -0.4 is 4.90 Å². The van der Waals surface area contributed by atoms with Crippen LogP contribution in [0.5, 0.6) is 0 Å². The second kappa shape index (κ2) is 16.1. The van der Waals surface area contributed by atoms with Crippen LogP contribution in [0.4, 0.5) is 17.1 Å². The van der Waals surface area contributed by atoms with Gasteiger partial charge in [0.05, 0.1) is 22.4 Å². The van der Waals surface area contributed by atoms with Crippen molar-refractivity contribution in [2.24, 2.45) is 0 Å². The number of para-hydroxylation sites is 3. The molecule has 1 heterocycles. The zero-order valence-corrected chi connectivity index (χ0v) is 34.1. The smallest absolute Gasteiger partial charge is 0.0562 e. The molecule has 0 N–H and O–H groups in total. The summed E-state index contributed by atoms with van der Waals surface area (Å²) in [6, 6.07) is 92.1. The quantitative estimate of drug-likeness (QED) is 0.141. The summed E-state index contributed by atoms with van der Waals surface area (Å²) in [4.78, 5) is 2.49. The number of fused-ring (bicyclic) bond motifs is 3. The Balaban J connectivity index is 1.15. The number of benzene rings is 10. The van der Waals surface area contributed by atoms with E-state index in [0.717, 1.165) is 39.4 Å². The van der Waals surface area contributed by atoms with Crippen molar-refractivity contribution in [2.75, 3.05) is 4.90 Å². The first-order valence-corrected chi connectivity index (χ1v) is 21.3. The van der Waals surface area contributed by atoms with Gasteiger partial charge in [-0.2, -0.15) is 0 Å². The molecule has 0 amide bonds. The maximum Gasteiger partial charge on any atom is 0.0562 e. The van der Waals surface area contributed by atoms with Gasteiger partial charge in [0.2, 0.25) is 0 Å². The lowest BCUT2D eigenvalue weighted by atomic mass is 9.92. The van der Waals surface area contributed by atoms with Gasteiger partial charge in [-0.15, -0.1) is 0 Å². The molecule has 11 rings (SSSR count). The second-order valence-electron chi connectivity index (χ2n) is 15.7. The zero-order valence-electron chi connectivity index (χ0n) is 34.1. The van der Waals surface area contributed by atoms with Crippen LogP contribution in [-0.2, 0) is 0 Å². The number of aromatic nitrogens is 1. The van der Waals surface area contributed by atoms with Crippen LogP contribution in [0, 0.1) is 0 Å². The predicted molar refractivity (Wildman–Crippen MR) is 263 cm³/mol. The molecule has 0 radical (unpaired) electrons. The van der Waals surface area contributed by atoms with Crippen molar-refractivity contribution in [3.8, 4) is 61.3 Å². The van der Waals surface area contributed by atoms with E-state index in [-0.39, 0.29) is 0 Å². The maximum absolute atomic E-state index is 2.49. The Morgan fingerprint density at radius 3 is 1.37 bits per heavy atom. The zero-order chi connectivity index (χ0) is 41.2. The van der Waals surface area contributed by atoms with E-state index < -0.39 is 0 Å². The Morgan fingerprint density at radius 1 is 0.274 bits per heavy atom. The Morgan fingerprint density at radius 2 is 0.726 bits per heavy atom. The molecule has 1 aromatic heterocycles. The van der Waals surface area contributed by atoms with Crippen molar-refractivity contribution in [3.63, 3.8) is 0 Å². The molecule has 0 saturated heterocycles. The van der Waals surface area contributed by atoms with Gasteiger partial charge >= 0.3 is 0 Å². The largest absolute Gasteiger partial charge is 0.309 e. The van der Waals surface area contributed by atoms with Gasteiger partial charge in [0, 0.05) is 27.7 Å². The lowest BCUT2D eigenvalue weighted by Gasteiger charge is -2.30. The van der Waals surface area contributed by atoms with E-state index in [1.807, 2.05) is 0 Å². The third kappa shape index (κ3) is 6.74. The minimum Gasteiger partial charge on any atom is -0.309 e. The number of hydrogen-bond acceptors (Lipinski definition) is 1. The van der Waals surface area contributed by atoms with Crippen LogP contribution in [0.2, 0.25) is 0 Å². The summed E-state index contributed by atoms with van der Waals surface area (Å²) in [5, 5.41) is 2.40. The van der Waals surface area contributed by atoms with Gasteiger partial charge in [0.15, 0.2) is 0 Å². The number of rotatable bonds is 9. The molecule has 0 atom stereocenters. The summed E-state index contributed by atoms with van der Waals surface area (Å²) in [5.41, 5.74) is 18.6. The Bertz CT molecular complexity index is 3300. The lowest BCUT2D eigenvalue weighted by molar-refractivity contribution is 1.18. The standard InChI is InChI=1S/C60H42N2/c1-5-18-43(19-6-1)45-32-36-48(37-33-45)52-41-40-51(42-55(52)47-22-9-3-10-23-47)62(56-28-15-13-26-53(56)49-38-34-46(35-39-49)44-20-7-2-8-21-44)59-31-17-30-58-60(59)54-27-14-16-29-57(54)61(58)50-24-11-4-12-25-50/h1-42H. The highest BCUT2D eigenvalue weighted by atomic mass is 15.2. The van der Waals surface area contributed by atoms with Crippen LogP contribution in [0.15, 0.2) is 255 Å². The fraction of sp³-hybridized carbons (Fsp3) is 0. The number of hydrogen-bond donors (Lipinski definition) is 0. The first-order chi connectivity index (χ1) is 30.8. The molecule has 0 aliphatic heterocycles. The predicted octanol–water partition coefficient (Wildman–Crippen LogP) is 16.6. The van der Waals surface area contributed by atoms with Crippen molar-refractivity contribution < 1.29 is 0 Å². The molecule has 2 nitrogen and oxygen atoms in total. The molecule has 62 heavy (non-hydrogen) atoms. The van der Waals surface area contributed by atoms with E-state index >= 15 is 0 Å². The van der Waals surface area contributed by atoms with E-state index in [1.54, 1.807) is 0 Å². The summed E-state index contributed by atoms with van der Waals surface area (Å²) in [6.45, 7) is 0. The molecule has 0 spiro atoms. The molecular formula is C60H42N2.